The Morgan fingerprint density at radius 1 is 1.04 bits per heavy atom. The van der Waals surface area contributed by atoms with Crippen molar-refractivity contribution in [3.05, 3.63) is 88.9 Å². The zero-order chi connectivity index (χ0) is 19.3. The third-order valence-corrected chi connectivity index (χ3v) is 5.37. The van der Waals surface area contributed by atoms with Gasteiger partial charge in [-0.15, -0.1) is 11.3 Å². The fourth-order valence-corrected chi connectivity index (χ4v) is 3.78. The summed E-state index contributed by atoms with van der Waals surface area (Å²) in [5.74, 6) is 0.251. The first-order valence-corrected chi connectivity index (χ1v) is 9.97. The lowest BCUT2D eigenvalue weighted by Crippen LogP contribution is -2.24. The van der Waals surface area contributed by atoms with E-state index in [0.717, 1.165) is 21.3 Å². The Labute approximate surface area is 170 Å². The van der Waals surface area contributed by atoms with E-state index in [2.05, 4.69) is 20.6 Å². The summed E-state index contributed by atoms with van der Waals surface area (Å²) in [6.07, 6.45) is 0. The highest BCUT2D eigenvalue weighted by Crippen LogP contribution is 2.25. The van der Waals surface area contributed by atoms with E-state index >= 15 is 0 Å². The normalized spacial score (nSPS) is 11.9. The van der Waals surface area contributed by atoms with Crippen LogP contribution < -0.4 is 10.6 Å². The van der Waals surface area contributed by atoms with Gasteiger partial charge in [0.2, 0.25) is 5.95 Å². The molecule has 2 aromatic carbocycles. The maximum atomic E-state index is 12.8. The van der Waals surface area contributed by atoms with E-state index < -0.39 is 0 Å². The smallest absolute Gasteiger partial charge is 0.271 e. The maximum Gasteiger partial charge on any atom is 0.271 e. The van der Waals surface area contributed by atoms with Crippen molar-refractivity contribution in [2.75, 3.05) is 5.32 Å². The number of carbonyl (C=O) groups excluding carboxylic acids is 1. The van der Waals surface area contributed by atoms with Crippen LogP contribution in [0.2, 0.25) is 0 Å². The van der Waals surface area contributed by atoms with Crippen LogP contribution in [0.25, 0.3) is 10.2 Å². The molecular formula is C22H24N4OS. The van der Waals surface area contributed by atoms with Gasteiger partial charge < -0.3 is 10.6 Å². The number of benzene rings is 2. The molecule has 0 radical (unpaired) electrons. The third kappa shape index (κ3) is 4.02. The van der Waals surface area contributed by atoms with Gasteiger partial charge >= 0.3 is 0 Å². The molecule has 0 spiro atoms. The molecule has 0 saturated carbocycles. The van der Waals surface area contributed by atoms with Crippen molar-refractivity contribution >= 4 is 33.4 Å². The summed E-state index contributed by atoms with van der Waals surface area (Å²) in [7, 11) is 0. The molecule has 144 valence electrons. The van der Waals surface area contributed by atoms with Gasteiger partial charge in [0.05, 0.1) is 16.3 Å². The zero-order valence-electron chi connectivity index (χ0n) is 15.4. The topological polar surface area (TPSA) is 66.9 Å². The number of thiophene rings is 1. The van der Waals surface area contributed by atoms with Crippen molar-refractivity contribution < 1.29 is 7.65 Å². The number of rotatable bonds is 6. The molecule has 2 aromatic heterocycles. The summed E-state index contributed by atoms with van der Waals surface area (Å²) >= 11 is 1.47. The molecule has 1 amide bonds. The summed E-state index contributed by atoms with van der Waals surface area (Å²) in [5.41, 5.74) is 3.35. The standard InChI is InChI=1S/C22H20N4OS.2H2/c1-15(17-10-6-3-7-11-17)24-22-25-18-12-13-28-20(18)19(26-22)21(27)23-14-16-8-4-2-5-9-16;;/h2-13,15H,14H2,1H3,(H,23,27)(H,24,25,26);2*1H. The number of nitrogens with one attached hydrogen (secondary N) is 2. The van der Waals surface area contributed by atoms with Gasteiger partial charge in [-0.3, -0.25) is 4.79 Å². The van der Waals surface area contributed by atoms with Crippen LogP contribution in [-0.4, -0.2) is 15.9 Å². The first-order chi connectivity index (χ1) is 13.7. The molecule has 0 saturated heterocycles. The zero-order valence-corrected chi connectivity index (χ0v) is 16.2. The van der Waals surface area contributed by atoms with E-state index in [1.165, 1.54) is 11.3 Å². The van der Waals surface area contributed by atoms with Gasteiger partial charge in [0.15, 0.2) is 5.69 Å². The minimum absolute atomic E-state index is 0. The molecule has 0 aliphatic carbocycles. The van der Waals surface area contributed by atoms with Gasteiger partial charge in [-0.2, -0.15) is 0 Å². The number of aromatic nitrogens is 2. The van der Waals surface area contributed by atoms with Gasteiger partial charge in [-0.25, -0.2) is 9.97 Å². The second-order valence-electron chi connectivity index (χ2n) is 6.48. The molecule has 4 rings (SSSR count). The molecule has 0 bridgehead atoms. The van der Waals surface area contributed by atoms with Crippen LogP contribution in [0.15, 0.2) is 72.1 Å². The highest BCUT2D eigenvalue weighted by Gasteiger charge is 2.17. The van der Waals surface area contributed by atoms with E-state index in [1.807, 2.05) is 79.0 Å². The fourth-order valence-electron chi connectivity index (χ4n) is 2.96. The summed E-state index contributed by atoms with van der Waals surface area (Å²) in [6, 6.07) is 21.8. The highest BCUT2D eigenvalue weighted by molar-refractivity contribution is 7.17. The van der Waals surface area contributed by atoms with Crippen LogP contribution >= 0.6 is 11.3 Å². The summed E-state index contributed by atoms with van der Waals surface area (Å²) < 4.78 is 0.795. The Kier molecular flexibility index (Phi) is 5.30. The van der Waals surface area contributed by atoms with Crippen molar-refractivity contribution in [3.8, 4) is 0 Å². The molecule has 1 atom stereocenters. The van der Waals surface area contributed by atoms with E-state index in [1.54, 1.807) is 0 Å². The van der Waals surface area contributed by atoms with E-state index in [9.17, 15) is 4.79 Å². The van der Waals surface area contributed by atoms with Gasteiger partial charge in [0, 0.05) is 9.40 Å². The lowest BCUT2D eigenvalue weighted by atomic mass is 10.1. The molecule has 4 aromatic rings. The average molecular weight is 393 g/mol. The molecule has 0 aliphatic rings. The van der Waals surface area contributed by atoms with Crippen molar-refractivity contribution in [2.24, 2.45) is 0 Å². The SMILES string of the molecule is CC(Nc1nc(C(=O)NCc2ccccc2)c2sccc2n1)c1ccccc1.[HH].[HH]. The van der Waals surface area contributed by atoms with E-state index in [4.69, 9.17) is 0 Å². The predicted molar refractivity (Wildman–Crippen MR) is 118 cm³/mol. The third-order valence-electron chi connectivity index (χ3n) is 4.46. The molecule has 1 unspecified atom stereocenters. The number of carbonyl (C=O) groups is 1. The molecule has 6 heteroatoms. The molecule has 2 N–H and O–H groups in total. The monoisotopic (exact) mass is 392 g/mol. The van der Waals surface area contributed by atoms with Crippen molar-refractivity contribution in [1.82, 2.24) is 15.3 Å². The molecule has 0 fully saturated rings. The van der Waals surface area contributed by atoms with Crippen LogP contribution in [0.1, 0.15) is 37.4 Å². The summed E-state index contributed by atoms with van der Waals surface area (Å²) in [6.45, 7) is 2.51. The van der Waals surface area contributed by atoms with Gasteiger partial charge in [-0.05, 0) is 29.5 Å². The number of hydrogen-bond donors (Lipinski definition) is 2. The minimum atomic E-state index is -0.200. The molecular weight excluding hydrogens is 368 g/mol. The Bertz CT molecular complexity index is 1090. The molecule has 2 heterocycles. The average Bonchev–Trinajstić information content (AvgIpc) is 3.21. The Morgan fingerprint density at radius 3 is 2.50 bits per heavy atom. The van der Waals surface area contributed by atoms with E-state index in [0.29, 0.717) is 18.2 Å². The fraction of sp³-hybridized carbons (Fsp3) is 0.136. The molecule has 5 nitrogen and oxygen atoms in total. The van der Waals surface area contributed by atoms with E-state index in [-0.39, 0.29) is 14.8 Å². The second-order valence-corrected chi connectivity index (χ2v) is 7.39. The first-order valence-electron chi connectivity index (χ1n) is 9.09. The Hall–Kier alpha value is -3.25. The Balaban J connectivity index is 0.00000160. The number of hydrogen-bond acceptors (Lipinski definition) is 5. The quantitative estimate of drug-likeness (QED) is 0.468. The minimum Gasteiger partial charge on any atom is -0.348 e. The number of fused-ring (bicyclic) bond motifs is 1. The van der Waals surface area contributed by atoms with Crippen LogP contribution in [-0.2, 0) is 6.54 Å². The van der Waals surface area contributed by atoms with Crippen LogP contribution in [0.5, 0.6) is 0 Å². The second kappa shape index (κ2) is 8.19. The number of nitrogens with zero attached hydrogens (tertiary/aromatic N) is 2. The summed E-state index contributed by atoms with van der Waals surface area (Å²) in [5, 5.41) is 8.20. The molecule has 28 heavy (non-hydrogen) atoms. The molecule has 0 aliphatic heterocycles. The van der Waals surface area contributed by atoms with Gasteiger partial charge in [-0.1, -0.05) is 60.7 Å². The van der Waals surface area contributed by atoms with Gasteiger partial charge in [0.1, 0.15) is 0 Å². The van der Waals surface area contributed by atoms with Crippen LogP contribution in [0.3, 0.4) is 0 Å². The van der Waals surface area contributed by atoms with Gasteiger partial charge in [0.25, 0.3) is 5.91 Å². The van der Waals surface area contributed by atoms with Crippen LogP contribution in [0.4, 0.5) is 5.95 Å². The summed E-state index contributed by atoms with van der Waals surface area (Å²) in [4.78, 5) is 21.9. The van der Waals surface area contributed by atoms with Crippen molar-refractivity contribution in [3.63, 3.8) is 0 Å². The predicted octanol–water partition coefficient (Wildman–Crippen LogP) is 5.29. The highest BCUT2D eigenvalue weighted by atomic mass is 32.1. The van der Waals surface area contributed by atoms with Crippen LogP contribution in [0, 0.1) is 0 Å². The maximum absolute atomic E-state index is 12.8. The lowest BCUT2D eigenvalue weighted by Gasteiger charge is -2.15. The van der Waals surface area contributed by atoms with Crippen molar-refractivity contribution in [1.29, 1.82) is 0 Å². The van der Waals surface area contributed by atoms with Crippen molar-refractivity contribution in [2.45, 2.75) is 19.5 Å². The lowest BCUT2D eigenvalue weighted by molar-refractivity contribution is 0.0948. The largest absolute Gasteiger partial charge is 0.348 e. The number of amides is 1. The Morgan fingerprint density at radius 2 is 1.75 bits per heavy atom. The number of anilines is 1. The first kappa shape index (κ1) is 18.1.